The molecule has 0 aliphatic heterocycles. The van der Waals surface area contributed by atoms with E-state index in [0.717, 1.165) is 30.2 Å². The summed E-state index contributed by atoms with van der Waals surface area (Å²) in [6.07, 6.45) is 3.05. The predicted molar refractivity (Wildman–Crippen MR) is 101 cm³/mol. The van der Waals surface area contributed by atoms with Crippen molar-refractivity contribution in [3.05, 3.63) is 75.1 Å². The quantitative estimate of drug-likeness (QED) is 0.571. The summed E-state index contributed by atoms with van der Waals surface area (Å²) >= 11 is 0. The molecule has 0 aliphatic carbocycles. The monoisotopic (exact) mass is 336 g/mol. The maximum Gasteiger partial charge on any atom is 0.336 e. The number of rotatable bonds is 6. The van der Waals surface area contributed by atoms with E-state index in [9.17, 15) is 4.79 Å². The highest BCUT2D eigenvalue weighted by Crippen LogP contribution is 2.25. The summed E-state index contributed by atoms with van der Waals surface area (Å²) in [5.41, 5.74) is 4.93. The fraction of sp³-hybridized carbons (Fsp3) is 0.318. The van der Waals surface area contributed by atoms with E-state index in [1.165, 1.54) is 16.7 Å². The van der Waals surface area contributed by atoms with E-state index in [1.807, 2.05) is 18.2 Å². The Kier molecular flexibility index (Phi) is 5.22. The van der Waals surface area contributed by atoms with E-state index in [2.05, 4.69) is 39.0 Å². The zero-order valence-corrected chi connectivity index (χ0v) is 15.1. The molecule has 130 valence electrons. The zero-order chi connectivity index (χ0) is 17.8. The van der Waals surface area contributed by atoms with Crippen LogP contribution < -0.4 is 10.4 Å². The molecule has 1 aromatic heterocycles. The van der Waals surface area contributed by atoms with Crippen LogP contribution in [0.15, 0.2) is 51.7 Å². The summed E-state index contributed by atoms with van der Waals surface area (Å²) in [7, 11) is 0. The van der Waals surface area contributed by atoms with Crippen molar-refractivity contribution in [1.82, 2.24) is 0 Å². The molecule has 3 nitrogen and oxygen atoms in total. The summed E-state index contributed by atoms with van der Waals surface area (Å²) in [5, 5.41) is 0.993. The third kappa shape index (κ3) is 4.11. The van der Waals surface area contributed by atoms with Gasteiger partial charge in [-0.05, 0) is 55.5 Å². The lowest BCUT2D eigenvalue weighted by atomic mass is 10.0. The molecule has 0 unspecified atom stereocenters. The molecular weight excluding hydrogens is 312 g/mol. The van der Waals surface area contributed by atoms with Crippen molar-refractivity contribution in [3.8, 4) is 5.75 Å². The lowest BCUT2D eigenvalue weighted by Crippen LogP contribution is -2.02. The minimum atomic E-state index is -0.301. The van der Waals surface area contributed by atoms with Crippen molar-refractivity contribution in [2.45, 2.75) is 46.6 Å². The maximum atomic E-state index is 11.8. The summed E-state index contributed by atoms with van der Waals surface area (Å²) in [6, 6.07) is 13.7. The molecule has 3 aromatic rings. The van der Waals surface area contributed by atoms with Gasteiger partial charge in [0.25, 0.3) is 0 Å². The van der Waals surface area contributed by atoms with Crippen molar-refractivity contribution in [3.63, 3.8) is 0 Å². The number of fused-ring (bicyclic) bond motifs is 1. The number of unbranched alkanes of at least 4 members (excludes halogenated alkanes) is 1. The molecular formula is C22H24O3. The Balaban J connectivity index is 1.86. The second-order valence-corrected chi connectivity index (χ2v) is 6.57. The van der Waals surface area contributed by atoms with Gasteiger partial charge >= 0.3 is 5.63 Å². The molecule has 0 spiro atoms. The van der Waals surface area contributed by atoms with Crippen LogP contribution in [-0.4, -0.2) is 0 Å². The molecule has 3 rings (SSSR count). The third-order valence-electron chi connectivity index (χ3n) is 4.50. The minimum Gasteiger partial charge on any atom is -0.489 e. The van der Waals surface area contributed by atoms with E-state index < -0.39 is 0 Å². The Morgan fingerprint density at radius 3 is 2.64 bits per heavy atom. The second-order valence-electron chi connectivity index (χ2n) is 6.57. The molecule has 0 bridgehead atoms. The molecule has 3 heteroatoms. The second kappa shape index (κ2) is 7.56. The van der Waals surface area contributed by atoms with Gasteiger partial charge in [-0.2, -0.15) is 0 Å². The van der Waals surface area contributed by atoms with Crippen LogP contribution in [0.4, 0.5) is 0 Å². The van der Waals surface area contributed by atoms with Crippen LogP contribution in [0.2, 0.25) is 0 Å². The Morgan fingerprint density at radius 1 is 1.00 bits per heavy atom. The van der Waals surface area contributed by atoms with Gasteiger partial charge in [0.05, 0.1) is 0 Å². The molecule has 25 heavy (non-hydrogen) atoms. The average Bonchev–Trinajstić information content (AvgIpc) is 2.60. The number of ether oxygens (including phenoxy) is 1. The van der Waals surface area contributed by atoms with Crippen LogP contribution >= 0.6 is 0 Å². The minimum absolute atomic E-state index is 0.301. The molecule has 0 amide bonds. The lowest BCUT2D eigenvalue weighted by Gasteiger charge is -2.11. The van der Waals surface area contributed by atoms with E-state index in [4.69, 9.17) is 9.15 Å². The van der Waals surface area contributed by atoms with Crippen molar-refractivity contribution >= 4 is 11.0 Å². The van der Waals surface area contributed by atoms with Gasteiger partial charge in [-0.25, -0.2) is 4.79 Å². The SMILES string of the molecule is CCCCc1cc(=O)oc2cc(OCc3cc(C)ccc3C)ccc12. The first-order chi connectivity index (χ1) is 12.1. The summed E-state index contributed by atoms with van der Waals surface area (Å²) < 4.78 is 11.3. The van der Waals surface area contributed by atoms with Crippen LogP contribution in [0.25, 0.3) is 11.0 Å². The standard InChI is InChI=1S/C22H24O3/c1-4-5-6-17-12-22(23)25-21-13-19(9-10-20(17)21)24-14-18-11-15(2)7-8-16(18)3/h7-13H,4-6,14H2,1-3H3. The molecule has 0 atom stereocenters. The van der Waals surface area contributed by atoms with Crippen molar-refractivity contribution in [2.75, 3.05) is 0 Å². The first kappa shape index (κ1) is 17.3. The van der Waals surface area contributed by atoms with E-state index in [0.29, 0.717) is 17.9 Å². The number of hydrogen-bond donors (Lipinski definition) is 0. The van der Waals surface area contributed by atoms with Gasteiger partial charge in [0, 0.05) is 17.5 Å². The van der Waals surface area contributed by atoms with Crippen LogP contribution in [0.1, 0.15) is 42.0 Å². The third-order valence-corrected chi connectivity index (χ3v) is 4.50. The highest BCUT2D eigenvalue weighted by atomic mass is 16.5. The molecule has 0 saturated carbocycles. The average molecular weight is 336 g/mol. The predicted octanol–water partition coefficient (Wildman–Crippen LogP) is 5.33. The normalized spacial score (nSPS) is 11.0. The van der Waals surface area contributed by atoms with Gasteiger partial charge in [0.2, 0.25) is 0 Å². The number of benzene rings is 2. The molecule has 1 heterocycles. The topological polar surface area (TPSA) is 39.4 Å². The van der Waals surface area contributed by atoms with Crippen LogP contribution in [0, 0.1) is 13.8 Å². The van der Waals surface area contributed by atoms with Crippen LogP contribution in [0.3, 0.4) is 0 Å². The van der Waals surface area contributed by atoms with Gasteiger partial charge in [-0.1, -0.05) is 37.1 Å². The fourth-order valence-corrected chi connectivity index (χ4v) is 2.99. The molecule has 0 fully saturated rings. The highest BCUT2D eigenvalue weighted by Gasteiger charge is 2.08. The van der Waals surface area contributed by atoms with Crippen molar-refractivity contribution < 1.29 is 9.15 Å². The van der Waals surface area contributed by atoms with Gasteiger partial charge < -0.3 is 9.15 Å². The molecule has 2 aromatic carbocycles. The first-order valence-electron chi connectivity index (χ1n) is 8.82. The van der Waals surface area contributed by atoms with Gasteiger partial charge in [0.1, 0.15) is 17.9 Å². The summed E-state index contributed by atoms with van der Waals surface area (Å²) in [5.74, 6) is 0.712. The van der Waals surface area contributed by atoms with Gasteiger partial charge in [-0.15, -0.1) is 0 Å². The number of aryl methyl sites for hydroxylation is 3. The lowest BCUT2D eigenvalue weighted by molar-refractivity contribution is 0.305. The first-order valence-corrected chi connectivity index (χ1v) is 8.82. The van der Waals surface area contributed by atoms with E-state index in [-0.39, 0.29) is 5.63 Å². The Hall–Kier alpha value is -2.55. The van der Waals surface area contributed by atoms with Crippen molar-refractivity contribution in [2.24, 2.45) is 0 Å². The maximum absolute atomic E-state index is 11.8. The molecule has 0 aliphatic rings. The largest absolute Gasteiger partial charge is 0.489 e. The fourth-order valence-electron chi connectivity index (χ4n) is 2.99. The molecule has 0 N–H and O–H groups in total. The summed E-state index contributed by atoms with van der Waals surface area (Å²) in [6.45, 7) is 6.80. The molecule has 0 saturated heterocycles. The molecule has 0 radical (unpaired) electrons. The van der Waals surface area contributed by atoms with E-state index >= 15 is 0 Å². The summed E-state index contributed by atoms with van der Waals surface area (Å²) in [4.78, 5) is 11.8. The number of hydrogen-bond acceptors (Lipinski definition) is 3. The Labute approximate surface area is 148 Å². The highest BCUT2D eigenvalue weighted by molar-refractivity contribution is 5.81. The zero-order valence-electron chi connectivity index (χ0n) is 15.1. The Morgan fingerprint density at radius 2 is 1.84 bits per heavy atom. The Bertz CT molecular complexity index is 938. The van der Waals surface area contributed by atoms with Gasteiger partial charge in [-0.3, -0.25) is 0 Å². The van der Waals surface area contributed by atoms with Gasteiger partial charge in [0.15, 0.2) is 0 Å². The van der Waals surface area contributed by atoms with E-state index in [1.54, 1.807) is 6.07 Å². The smallest absolute Gasteiger partial charge is 0.336 e. The van der Waals surface area contributed by atoms with Crippen LogP contribution in [-0.2, 0) is 13.0 Å². The van der Waals surface area contributed by atoms with Crippen LogP contribution in [0.5, 0.6) is 5.75 Å². The van der Waals surface area contributed by atoms with Crippen molar-refractivity contribution in [1.29, 1.82) is 0 Å².